The molecule has 4 nitrogen and oxygen atoms in total. The monoisotopic (exact) mass is 290 g/mol. The van der Waals surface area contributed by atoms with Crippen molar-refractivity contribution in [1.29, 1.82) is 0 Å². The lowest BCUT2D eigenvalue weighted by Gasteiger charge is -2.47. The van der Waals surface area contributed by atoms with Crippen LogP contribution in [-0.2, 0) is 4.84 Å². The highest BCUT2D eigenvalue weighted by atomic mass is 35.5. The van der Waals surface area contributed by atoms with Crippen molar-refractivity contribution in [2.45, 2.75) is 63.2 Å². The van der Waals surface area contributed by atoms with Crippen molar-refractivity contribution in [2.24, 2.45) is 5.92 Å². The molecule has 0 spiro atoms. The lowest BCUT2D eigenvalue weighted by atomic mass is 9.78. The molecule has 0 aromatic rings. The fraction of sp³-hybridized carbons (Fsp3) is 1.00. The van der Waals surface area contributed by atoms with Crippen LogP contribution in [0.2, 0.25) is 0 Å². The Morgan fingerprint density at radius 2 is 2.05 bits per heavy atom. The first-order chi connectivity index (χ1) is 8.67. The van der Waals surface area contributed by atoms with E-state index in [1.165, 1.54) is 25.7 Å². The number of piperidine rings is 1. The topological polar surface area (TPSA) is 44.7 Å². The van der Waals surface area contributed by atoms with Crippen LogP contribution in [0.25, 0.3) is 0 Å². The van der Waals surface area contributed by atoms with Crippen molar-refractivity contribution >= 4 is 12.4 Å². The van der Waals surface area contributed by atoms with Gasteiger partial charge >= 0.3 is 0 Å². The number of aliphatic hydroxyl groups excluding tert-OH is 1. The first kappa shape index (κ1) is 15.5. The Morgan fingerprint density at radius 3 is 2.63 bits per heavy atom. The number of fused-ring (bicyclic) bond motifs is 3. The van der Waals surface area contributed by atoms with Crippen LogP contribution in [0.5, 0.6) is 0 Å². The molecule has 2 atom stereocenters. The van der Waals surface area contributed by atoms with Gasteiger partial charge in [-0.1, -0.05) is 6.92 Å². The molecular formula is C14H27ClN2O2. The van der Waals surface area contributed by atoms with Crippen molar-refractivity contribution in [3.63, 3.8) is 0 Å². The Morgan fingerprint density at radius 1 is 1.32 bits per heavy atom. The van der Waals surface area contributed by atoms with E-state index in [0.717, 1.165) is 32.5 Å². The molecule has 4 rings (SSSR count). The van der Waals surface area contributed by atoms with Crippen LogP contribution in [0.15, 0.2) is 0 Å². The van der Waals surface area contributed by atoms with E-state index in [1.807, 2.05) is 0 Å². The summed E-state index contributed by atoms with van der Waals surface area (Å²) >= 11 is 0. The number of nitrogens with one attached hydrogen (secondary N) is 1. The summed E-state index contributed by atoms with van der Waals surface area (Å²) in [6, 6.07) is 0.608. The minimum absolute atomic E-state index is 0. The van der Waals surface area contributed by atoms with Gasteiger partial charge in [0.2, 0.25) is 0 Å². The zero-order chi connectivity index (χ0) is 12.6. The molecule has 19 heavy (non-hydrogen) atoms. The second-order valence-electron chi connectivity index (χ2n) is 6.56. The maximum absolute atomic E-state index is 9.75. The smallest absolute Gasteiger partial charge is 0.0910 e. The molecule has 2 bridgehead atoms. The molecule has 3 aliphatic heterocycles. The molecule has 0 radical (unpaired) electrons. The number of hydrogen-bond donors (Lipinski definition) is 2. The predicted octanol–water partition coefficient (Wildman–Crippen LogP) is 1.72. The summed E-state index contributed by atoms with van der Waals surface area (Å²) in [5.41, 5.74) is 3.31. The SMILES string of the molecule is C[C@H]1CN(CCC23CCC(CC2)NO3)CC[C@@H]1O.Cl. The van der Waals surface area contributed by atoms with Crippen molar-refractivity contribution in [1.82, 2.24) is 10.4 Å². The van der Waals surface area contributed by atoms with E-state index in [4.69, 9.17) is 4.84 Å². The Bertz CT molecular complexity index is 281. The summed E-state index contributed by atoms with van der Waals surface area (Å²) in [5.74, 6) is 0.414. The van der Waals surface area contributed by atoms with Gasteiger partial charge in [0.05, 0.1) is 11.7 Å². The van der Waals surface area contributed by atoms with Gasteiger partial charge in [-0.25, -0.2) is 0 Å². The number of aliphatic hydroxyl groups is 1. The maximum Gasteiger partial charge on any atom is 0.0910 e. The summed E-state index contributed by atoms with van der Waals surface area (Å²) < 4.78 is 0. The third-order valence-electron chi connectivity index (χ3n) is 5.17. The molecule has 0 aromatic heterocycles. The van der Waals surface area contributed by atoms with Gasteiger partial charge in [-0.15, -0.1) is 12.4 Å². The quantitative estimate of drug-likeness (QED) is 0.831. The van der Waals surface area contributed by atoms with Crippen molar-refractivity contribution in [2.75, 3.05) is 19.6 Å². The summed E-state index contributed by atoms with van der Waals surface area (Å²) in [6.07, 6.45) is 6.95. The molecule has 1 aliphatic carbocycles. The molecule has 3 saturated heterocycles. The Labute approximate surface area is 122 Å². The van der Waals surface area contributed by atoms with Crippen LogP contribution in [0, 0.1) is 5.92 Å². The van der Waals surface area contributed by atoms with E-state index >= 15 is 0 Å². The Balaban J connectivity index is 0.00000133. The largest absolute Gasteiger partial charge is 0.393 e. The van der Waals surface area contributed by atoms with E-state index < -0.39 is 0 Å². The van der Waals surface area contributed by atoms with Gasteiger partial charge in [0, 0.05) is 25.7 Å². The van der Waals surface area contributed by atoms with Gasteiger partial charge in [0.1, 0.15) is 0 Å². The summed E-state index contributed by atoms with van der Waals surface area (Å²) in [5, 5.41) is 9.75. The Kier molecular flexibility index (Phi) is 5.12. The van der Waals surface area contributed by atoms with Gasteiger partial charge in [0.25, 0.3) is 0 Å². The van der Waals surface area contributed by atoms with Gasteiger partial charge in [-0.2, -0.15) is 5.48 Å². The summed E-state index contributed by atoms with van der Waals surface area (Å²) in [7, 11) is 0. The normalized spacial score (nSPS) is 42.9. The van der Waals surface area contributed by atoms with Crippen LogP contribution in [0.4, 0.5) is 0 Å². The molecule has 3 heterocycles. The third kappa shape index (κ3) is 3.42. The van der Waals surface area contributed by atoms with E-state index in [0.29, 0.717) is 12.0 Å². The fourth-order valence-electron chi connectivity index (χ4n) is 3.66. The van der Waals surface area contributed by atoms with Crippen LogP contribution in [0.3, 0.4) is 0 Å². The summed E-state index contributed by atoms with van der Waals surface area (Å²) in [6.45, 7) is 5.34. The fourth-order valence-corrected chi connectivity index (χ4v) is 3.66. The average molecular weight is 291 g/mol. The highest BCUT2D eigenvalue weighted by Crippen LogP contribution is 2.38. The van der Waals surface area contributed by atoms with Gasteiger partial charge < -0.3 is 10.0 Å². The second-order valence-corrected chi connectivity index (χ2v) is 6.56. The first-order valence-electron chi connectivity index (χ1n) is 7.51. The summed E-state index contributed by atoms with van der Waals surface area (Å²) in [4.78, 5) is 8.37. The highest BCUT2D eigenvalue weighted by molar-refractivity contribution is 5.85. The van der Waals surface area contributed by atoms with Crippen LogP contribution in [0.1, 0.15) is 45.4 Å². The molecular weight excluding hydrogens is 264 g/mol. The van der Waals surface area contributed by atoms with Gasteiger partial charge in [-0.3, -0.25) is 4.84 Å². The van der Waals surface area contributed by atoms with Crippen LogP contribution >= 0.6 is 12.4 Å². The first-order valence-corrected chi connectivity index (χ1v) is 7.51. The lowest BCUT2D eigenvalue weighted by Crippen LogP contribution is -2.55. The molecule has 4 aliphatic rings. The van der Waals surface area contributed by atoms with Crippen molar-refractivity contribution < 1.29 is 9.94 Å². The molecule has 0 amide bonds. The van der Waals surface area contributed by atoms with Crippen LogP contribution in [-0.4, -0.2) is 47.4 Å². The molecule has 112 valence electrons. The van der Waals surface area contributed by atoms with Gasteiger partial charge in [-0.05, 0) is 44.4 Å². The number of hydrogen-bond acceptors (Lipinski definition) is 4. The third-order valence-corrected chi connectivity index (χ3v) is 5.17. The molecule has 5 heteroatoms. The molecule has 0 aromatic carbocycles. The molecule has 0 unspecified atom stereocenters. The van der Waals surface area contributed by atoms with E-state index in [-0.39, 0.29) is 24.1 Å². The highest BCUT2D eigenvalue weighted by Gasteiger charge is 2.42. The Hall–Kier alpha value is 0.130. The van der Waals surface area contributed by atoms with Gasteiger partial charge in [0.15, 0.2) is 0 Å². The zero-order valence-electron chi connectivity index (χ0n) is 11.8. The molecule has 4 fully saturated rings. The number of nitrogens with zero attached hydrogens (tertiary/aromatic N) is 1. The van der Waals surface area contributed by atoms with Crippen LogP contribution < -0.4 is 5.48 Å². The van der Waals surface area contributed by atoms with Crippen molar-refractivity contribution in [3.05, 3.63) is 0 Å². The number of likely N-dealkylation sites (tertiary alicyclic amines) is 1. The number of hydroxylamine groups is 1. The standard InChI is InChI=1S/C14H26N2O2.ClH/c1-11-10-16(8-4-13(11)17)9-7-14-5-2-12(3-6-14)15-18-14;/h11-13,15,17H,2-10H2,1H3;1H/t11-,12?,13-,14?;/m0./s1. The second kappa shape index (κ2) is 6.27. The molecule has 1 saturated carbocycles. The maximum atomic E-state index is 9.75. The van der Waals surface area contributed by atoms with Crippen molar-refractivity contribution in [3.8, 4) is 0 Å². The van der Waals surface area contributed by atoms with E-state index in [9.17, 15) is 5.11 Å². The minimum Gasteiger partial charge on any atom is -0.393 e. The number of rotatable bonds is 3. The zero-order valence-corrected chi connectivity index (χ0v) is 12.6. The van der Waals surface area contributed by atoms with E-state index in [1.54, 1.807) is 0 Å². The molecule has 2 N–H and O–H groups in total. The lowest BCUT2D eigenvalue weighted by molar-refractivity contribution is -0.195. The number of halogens is 1. The minimum atomic E-state index is -0.0950. The van der Waals surface area contributed by atoms with E-state index in [2.05, 4.69) is 17.3 Å². The average Bonchev–Trinajstić information content (AvgIpc) is 2.42. The predicted molar refractivity (Wildman–Crippen MR) is 77.3 cm³/mol.